The molecule has 1 aliphatic rings. The molecule has 1 N–H and O–H groups in total. The minimum Gasteiger partial charge on any atom is -0.336 e. The van der Waals surface area contributed by atoms with Gasteiger partial charge in [0.05, 0.1) is 0 Å². The minimum atomic E-state index is -0.359. The van der Waals surface area contributed by atoms with E-state index < -0.39 is 0 Å². The van der Waals surface area contributed by atoms with Crippen molar-refractivity contribution >= 4 is 17.5 Å². The number of benzene rings is 2. The van der Waals surface area contributed by atoms with Crippen molar-refractivity contribution in [2.24, 2.45) is 0 Å². The second-order valence-corrected chi connectivity index (χ2v) is 6.60. The van der Waals surface area contributed by atoms with Crippen LogP contribution in [0.2, 0.25) is 0 Å². The first-order valence-electron chi connectivity index (χ1n) is 9.06. The molecule has 0 bridgehead atoms. The molecule has 0 saturated carbocycles. The van der Waals surface area contributed by atoms with Gasteiger partial charge < -0.3 is 10.2 Å². The average Bonchev–Trinajstić information content (AvgIpc) is 2.69. The summed E-state index contributed by atoms with van der Waals surface area (Å²) in [6.45, 7) is 2.87. The molecule has 4 nitrogen and oxygen atoms in total. The maximum absolute atomic E-state index is 13.0. The Bertz CT molecular complexity index is 789. The van der Waals surface area contributed by atoms with E-state index in [0.717, 1.165) is 32.2 Å². The van der Waals surface area contributed by atoms with Crippen molar-refractivity contribution in [1.82, 2.24) is 4.90 Å². The van der Waals surface area contributed by atoms with Gasteiger partial charge in [0.1, 0.15) is 5.82 Å². The predicted molar refractivity (Wildman–Crippen MR) is 99.8 cm³/mol. The molecule has 1 saturated heterocycles. The minimum absolute atomic E-state index is 0.0204. The molecule has 2 aromatic carbocycles. The molecule has 0 aliphatic carbocycles. The number of anilines is 1. The fourth-order valence-electron chi connectivity index (χ4n) is 3.39. The molecule has 1 heterocycles. The average molecular weight is 354 g/mol. The number of carbonyl (C=O) groups excluding carboxylic acids is 2. The maximum Gasteiger partial charge on any atom is 0.255 e. The van der Waals surface area contributed by atoms with Gasteiger partial charge in [-0.25, -0.2) is 4.39 Å². The molecule has 5 heteroatoms. The Morgan fingerprint density at radius 3 is 2.58 bits per heavy atom. The second-order valence-electron chi connectivity index (χ2n) is 6.60. The van der Waals surface area contributed by atoms with Gasteiger partial charge in [0.2, 0.25) is 0 Å². The van der Waals surface area contributed by atoms with Gasteiger partial charge in [-0.2, -0.15) is 0 Å². The Labute approximate surface area is 153 Å². The summed E-state index contributed by atoms with van der Waals surface area (Å²) < 4.78 is 13.0. The van der Waals surface area contributed by atoms with E-state index in [-0.39, 0.29) is 23.7 Å². The molecule has 0 spiro atoms. The Hall–Kier alpha value is -2.69. The van der Waals surface area contributed by atoms with Crippen LogP contribution < -0.4 is 5.32 Å². The van der Waals surface area contributed by atoms with Crippen LogP contribution in [0, 0.1) is 5.82 Å². The van der Waals surface area contributed by atoms with Crippen LogP contribution in [0.5, 0.6) is 0 Å². The number of piperidine rings is 1. The van der Waals surface area contributed by atoms with Gasteiger partial charge in [0.25, 0.3) is 11.8 Å². The number of rotatable bonds is 4. The van der Waals surface area contributed by atoms with Gasteiger partial charge in [-0.1, -0.05) is 13.0 Å². The topological polar surface area (TPSA) is 49.4 Å². The third kappa shape index (κ3) is 4.10. The Morgan fingerprint density at radius 2 is 1.85 bits per heavy atom. The van der Waals surface area contributed by atoms with Crippen molar-refractivity contribution in [3.63, 3.8) is 0 Å². The normalized spacial score (nSPS) is 17.0. The number of halogens is 1. The van der Waals surface area contributed by atoms with E-state index >= 15 is 0 Å². The first-order valence-corrected chi connectivity index (χ1v) is 9.06. The van der Waals surface area contributed by atoms with E-state index in [1.165, 1.54) is 24.3 Å². The van der Waals surface area contributed by atoms with Crippen molar-refractivity contribution in [1.29, 1.82) is 0 Å². The molecular weight excluding hydrogens is 331 g/mol. The number of carbonyl (C=O) groups is 2. The van der Waals surface area contributed by atoms with Crippen LogP contribution in [0.4, 0.5) is 10.1 Å². The van der Waals surface area contributed by atoms with Crippen LogP contribution in [0.3, 0.4) is 0 Å². The van der Waals surface area contributed by atoms with Crippen molar-refractivity contribution in [3.05, 3.63) is 65.5 Å². The summed E-state index contributed by atoms with van der Waals surface area (Å²) in [5.41, 5.74) is 1.44. The lowest BCUT2D eigenvalue weighted by molar-refractivity contribution is 0.0608. The summed E-state index contributed by atoms with van der Waals surface area (Å²) in [6.07, 6.45) is 4.15. The molecule has 136 valence electrons. The van der Waals surface area contributed by atoms with Gasteiger partial charge in [-0.05, 0) is 68.1 Å². The molecule has 3 rings (SSSR count). The van der Waals surface area contributed by atoms with E-state index in [1.807, 2.05) is 4.90 Å². The molecule has 1 fully saturated rings. The van der Waals surface area contributed by atoms with Crippen LogP contribution in [0.15, 0.2) is 48.5 Å². The first kappa shape index (κ1) is 18.1. The van der Waals surface area contributed by atoms with Crippen LogP contribution in [-0.2, 0) is 0 Å². The number of amides is 2. The highest BCUT2D eigenvalue weighted by Crippen LogP contribution is 2.22. The van der Waals surface area contributed by atoms with Crippen LogP contribution in [0.25, 0.3) is 0 Å². The number of nitrogens with one attached hydrogen (secondary N) is 1. The number of hydrogen-bond acceptors (Lipinski definition) is 2. The second kappa shape index (κ2) is 8.13. The van der Waals surface area contributed by atoms with Crippen molar-refractivity contribution in [3.8, 4) is 0 Å². The number of likely N-dealkylation sites (tertiary alicyclic amines) is 1. The third-order valence-corrected chi connectivity index (χ3v) is 4.83. The number of hydrogen-bond donors (Lipinski definition) is 1. The molecular formula is C21H23FN2O2. The van der Waals surface area contributed by atoms with Crippen LogP contribution >= 0.6 is 0 Å². The van der Waals surface area contributed by atoms with E-state index in [2.05, 4.69) is 12.2 Å². The highest BCUT2D eigenvalue weighted by molar-refractivity contribution is 6.06. The van der Waals surface area contributed by atoms with E-state index in [0.29, 0.717) is 16.8 Å². The van der Waals surface area contributed by atoms with Gasteiger partial charge in [0, 0.05) is 29.4 Å². The first-order chi connectivity index (χ1) is 12.6. The molecule has 26 heavy (non-hydrogen) atoms. The summed E-state index contributed by atoms with van der Waals surface area (Å²) in [7, 11) is 0. The van der Waals surface area contributed by atoms with Crippen molar-refractivity contribution in [2.75, 3.05) is 11.9 Å². The van der Waals surface area contributed by atoms with E-state index in [4.69, 9.17) is 0 Å². The van der Waals surface area contributed by atoms with Gasteiger partial charge in [-0.15, -0.1) is 0 Å². The maximum atomic E-state index is 13.0. The van der Waals surface area contributed by atoms with Gasteiger partial charge >= 0.3 is 0 Å². The van der Waals surface area contributed by atoms with Gasteiger partial charge in [0.15, 0.2) is 0 Å². The smallest absolute Gasteiger partial charge is 0.255 e. The van der Waals surface area contributed by atoms with Crippen molar-refractivity contribution < 1.29 is 14.0 Å². The lowest BCUT2D eigenvalue weighted by atomic mass is 9.98. The summed E-state index contributed by atoms with van der Waals surface area (Å²) in [5.74, 6) is -0.701. The standard InChI is InChI=1S/C21H23FN2O2/c1-2-19-8-3-4-13-24(19)21(26)16-7-5-6-15(14-16)20(25)23-18-11-9-17(22)10-12-18/h5-7,9-12,14,19H,2-4,8,13H2,1H3,(H,23,25). The zero-order valence-corrected chi connectivity index (χ0v) is 14.9. The predicted octanol–water partition coefficient (Wildman–Crippen LogP) is 4.48. The highest BCUT2D eigenvalue weighted by Gasteiger charge is 2.26. The molecule has 0 aromatic heterocycles. The Balaban J connectivity index is 1.75. The summed E-state index contributed by atoms with van der Waals surface area (Å²) in [6, 6.07) is 12.6. The molecule has 1 atom stereocenters. The SMILES string of the molecule is CCC1CCCCN1C(=O)c1cccc(C(=O)Nc2ccc(F)cc2)c1. The largest absolute Gasteiger partial charge is 0.336 e. The van der Waals surface area contributed by atoms with Crippen molar-refractivity contribution in [2.45, 2.75) is 38.6 Å². The molecule has 1 aliphatic heterocycles. The zero-order chi connectivity index (χ0) is 18.5. The van der Waals surface area contributed by atoms with Gasteiger partial charge in [-0.3, -0.25) is 9.59 Å². The summed E-state index contributed by atoms with van der Waals surface area (Å²) in [4.78, 5) is 27.3. The molecule has 2 aromatic rings. The summed E-state index contributed by atoms with van der Waals surface area (Å²) in [5, 5.41) is 2.72. The van der Waals surface area contributed by atoms with E-state index in [9.17, 15) is 14.0 Å². The fourth-order valence-corrected chi connectivity index (χ4v) is 3.39. The molecule has 2 amide bonds. The molecule has 0 radical (unpaired) electrons. The van der Waals surface area contributed by atoms with E-state index in [1.54, 1.807) is 24.3 Å². The monoisotopic (exact) mass is 354 g/mol. The zero-order valence-electron chi connectivity index (χ0n) is 14.9. The fraction of sp³-hybridized carbons (Fsp3) is 0.333. The third-order valence-electron chi connectivity index (χ3n) is 4.83. The lowest BCUT2D eigenvalue weighted by Gasteiger charge is -2.35. The quantitative estimate of drug-likeness (QED) is 0.880. The Kier molecular flexibility index (Phi) is 5.66. The Morgan fingerprint density at radius 1 is 1.12 bits per heavy atom. The number of nitrogens with zero attached hydrogens (tertiary/aromatic N) is 1. The highest BCUT2D eigenvalue weighted by atomic mass is 19.1. The van der Waals surface area contributed by atoms with Crippen LogP contribution in [-0.4, -0.2) is 29.3 Å². The molecule has 1 unspecified atom stereocenters. The lowest BCUT2D eigenvalue weighted by Crippen LogP contribution is -2.43. The van der Waals surface area contributed by atoms with Crippen LogP contribution in [0.1, 0.15) is 53.3 Å². The summed E-state index contributed by atoms with van der Waals surface area (Å²) >= 11 is 0.